The molecular weight excluding hydrogens is 281 g/mol. The zero-order valence-corrected chi connectivity index (χ0v) is 11.4. The summed E-state index contributed by atoms with van der Waals surface area (Å²) < 4.78 is 36.3. The number of sulfone groups is 1. The van der Waals surface area contributed by atoms with Gasteiger partial charge in [0.25, 0.3) is 5.91 Å². The van der Waals surface area contributed by atoms with E-state index < -0.39 is 21.6 Å². The first-order valence-electron chi connectivity index (χ1n) is 5.74. The summed E-state index contributed by atoms with van der Waals surface area (Å²) in [5, 5.41) is 2.40. The lowest BCUT2D eigenvalue weighted by Crippen LogP contribution is -2.13. The third kappa shape index (κ3) is 3.21. The summed E-state index contributed by atoms with van der Waals surface area (Å²) in [6, 6.07) is 11.3. The maximum atomic E-state index is 13.4. The highest BCUT2D eigenvalue weighted by Gasteiger charge is 2.12. The molecule has 1 amide bonds. The first-order valence-corrected chi connectivity index (χ1v) is 7.63. The summed E-state index contributed by atoms with van der Waals surface area (Å²) >= 11 is 0. The van der Waals surface area contributed by atoms with Gasteiger partial charge in [-0.3, -0.25) is 4.79 Å². The fourth-order valence-electron chi connectivity index (χ4n) is 1.63. The monoisotopic (exact) mass is 293 g/mol. The van der Waals surface area contributed by atoms with Crippen LogP contribution in [0.4, 0.5) is 10.1 Å². The maximum absolute atomic E-state index is 13.4. The highest BCUT2D eigenvalue weighted by molar-refractivity contribution is 7.90. The van der Waals surface area contributed by atoms with Gasteiger partial charge in [0.1, 0.15) is 5.82 Å². The van der Waals surface area contributed by atoms with Crippen LogP contribution in [0, 0.1) is 5.82 Å². The summed E-state index contributed by atoms with van der Waals surface area (Å²) in [6.07, 6.45) is 1.06. The minimum Gasteiger partial charge on any atom is -0.319 e. The quantitative estimate of drug-likeness (QED) is 0.945. The van der Waals surface area contributed by atoms with Crippen molar-refractivity contribution in [3.8, 4) is 0 Å². The molecule has 0 heterocycles. The molecule has 20 heavy (non-hydrogen) atoms. The van der Waals surface area contributed by atoms with Crippen molar-refractivity contribution >= 4 is 21.4 Å². The van der Waals surface area contributed by atoms with E-state index in [1.54, 1.807) is 6.07 Å². The van der Waals surface area contributed by atoms with Crippen molar-refractivity contribution in [3.63, 3.8) is 0 Å². The lowest BCUT2D eigenvalue weighted by atomic mass is 10.2. The number of anilines is 1. The maximum Gasteiger partial charge on any atom is 0.255 e. The molecule has 0 aliphatic heterocycles. The van der Waals surface area contributed by atoms with Crippen molar-refractivity contribution in [2.75, 3.05) is 11.6 Å². The lowest BCUT2D eigenvalue weighted by molar-refractivity contribution is 0.102. The average Bonchev–Trinajstić information content (AvgIpc) is 2.40. The van der Waals surface area contributed by atoms with E-state index in [2.05, 4.69) is 5.32 Å². The van der Waals surface area contributed by atoms with Gasteiger partial charge in [0.15, 0.2) is 9.84 Å². The van der Waals surface area contributed by atoms with E-state index >= 15 is 0 Å². The number of nitrogens with one attached hydrogen (secondary N) is 1. The van der Waals surface area contributed by atoms with Gasteiger partial charge in [-0.15, -0.1) is 0 Å². The number of hydrogen-bond acceptors (Lipinski definition) is 3. The Labute approximate surface area is 116 Å². The third-order valence-corrected chi connectivity index (χ3v) is 3.76. The van der Waals surface area contributed by atoms with E-state index in [1.165, 1.54) is 42.5 Å². The summed E-state index contributed by atoms with van der Waals surface area (Å²) in [6.45, 7) is 0. The fourth-order valence-corrected chi connectivity index (χ4v) is 2.29. The SMILES string of the molecule is CS(=O)(=O)c1cccc(C(=O)Nc2ccccc2F)c1. The molecular formula is C14H12FNO3S. The average molecular weight is 293 g/mol. The van der Waals surface area contributed by atoms with E-state index in [4.69, 9.17) is 0 Å². The summed E-state index contributed by atoms with van der Waals surface area (Å²) in [5.74, 6) is -1.12. The second kappa shape index (κ2) is 5.42. The van der Waals surface area contributed by atoms with Crippen molar-refractivity contribution in [2.45, 2.75) is 4.90 Å². The molecule has 0 aliphatic rings. The topological polar surface area (TPSA) is 63.2 Å². The van der Waals surface area contributed by atoms with Crippen LogP contribution in [0.1, 0.15) is 10.4 Å². The van der Waals surface area contributed by atoms with Crippen molar-refractivity contribution in [1.82, 2.24) is 0 Å². The molecule has 0 aromatic heterocycles. The summed E-state index contributed by atoms with van der Waals surface area (Å²) in [4.78, 5) is 12.0. The largest absolute Gasteiger partial charge is 0.319 e. The Kier molecular flexibility index (Phi) is 3.85. The minimum absolute atomic E-state index is 0.0404. The van der Waals surface area contributed by atoms with Crippen molar-refractivity contribution < 1.29 is 17.6 Å². The number of para-hydroxylation sites is 1. The molecule has 2 aromatic carbocycles. The molecule has 104 valence electrons. The van der Waals surface area contributed by atoms with Gasteiger partial charge in [-0.2, -0.15) is 0 Å². The van der Waals surface area contributed by atoms with Gasteiger partial charge in [0.2, 0.25) is 0 Å². The molecule has 0 fully saturated rings. The first-order chi connectivity index (χ1) is 9.38. The van der Waals surface area contributed by atoms with E-state index in [1.807, 2.05) is 0 Å². The predicted octanol–water partition coefficient (Wildman–Crippen LogP) is 2.48. The van der Waals surface area contributed by atoms with Crippen LogP contribution in [-0.2, 0) is 9.84 Å². The number of hydrogen-bond donors (Lipinski definition) is 1. The Morgan fingerprint density at radius 3 is 2.45 bits per heavy atom. The Hall–Kier alpha value is -2.21. The predicted molar refractivity (Wildman–Crippen MR) is 73.9 cm³/mol. The van der Waals surface area contributed by atoms with Crippen LogP contribution in [0.3, 0.4) is 0 Å². The third-order valence-electron chi connectivity index (χ3n) is 2.65. The van der Waals surface area contributed by atoms with Crippen LogP contribution in [0.25, 0.3) is 0 Å². The minimum atomic E-state index is -3.39. The van der Waals surface area contributed by atoms with Gasteiger partial charge in [-0.05, 0) is 30.3 Å². The van der Waals surface area contributed by atoms with Crippen molar-refractivity contribution in [3.05, 3.63) is 59.9 Å². The molecule has 2 rings (SSSR count). The molecule has 0 bridgehead atoms. The van der Waals surface area contributed by atoms with E-state index in [0.29, 0.717) is 0 Å². The molecule has 0 aliphatic carbocycles. The number of benzene rings is 2. The normalized spacial score (nSPS) is 11.1. The van der Waals surface area contributed by atoms with Crippen LogP contribution in [-0.4, -0.2) is 20.6 Å². The molecule has 6 heteroatoms. The van der Waals surface area contributed by atoms with Crippen LogP contribution >= 0.6 is 0 Å². The zero-order valence-electron chi connectivity index (χ0n) is 10.6. The smallest absolute Gasteiger partial charge is 0.255 e. The highest BCUT2D eigenvalue weighted by atomic mass is 32.2. The number of halogens is 1. The van der Waals surface area contributed by atoms with Gasteiger partial charge in [-0.1, -0.05) is 18.2 Å². The number of amides is 1. The molecule has 0 atom stereocenters. The zero-order chi connectivity index (χ0) is 14.8. The fraction of sp³-hybridized carbons (Fsp3) is 0.0714. The summed E-state index contributed by atoms with van der Waals surface area (Å²) in [5.41, 5.74) is 0.193. The van der Waals surface area contributed by atoms with Gasteiger partial charge in [-0.25, -0.2) is 12.8 Å². The second-order valence-electron chi connectivity index (χ2n) is 4.23. The van der Waals surface area contributed by atoms with Crippen LogP contribution in [0.15, 0.2) is 53.4 Å². The standard InChI is InChI=1S/C14H12FNO3S/c1-20(18,19)11-6-4-5-10(9-11)14(17)16-13-8-3-2-7-12(13)15/h2-9H,1H3,(H,16,17). The number of carbonyl (C=O) groups excluding carboxylic acids is 1. The Morgan fingerprint density at radius 2 is 1.80 bits per heavy atom. The molecule has 0 saturated heterocycles. The van der Waals surface area contributed by atoms with Crippen molar-refractivity contribution in [1.29, 1.82) is 0 Å². The summed E-state index contributed by atoms with van der Waals surface area (Å²) in [7, 11) is -3.39. The van der Waals surface area contributed by atoms with Crippen LogP contribution in [0.5, 0.6) is 0 Å². The Morgan fingerprint density at radius 1 is 1.10 bits per heavy atom. The molecule has 2 aromatic rings. The van der Waals surface area contributed by atoms with Crippen LogP contribution in [0.2, 0.25) is 0 Å². The molecule has 4 nitrogen and oxygen atoms in total. The van der Waals surface area contributed by atoms with Gasteiger partial charge in [0.05, 0.1) is 10.6 Å². The second-order valence-corrected chi connectivity index (χ2v) is 6.25. The molecule has 0 radical (unpaired) electrons. The first kappa shape index (κ1) is 14.2. The number of rotatable bonds is 3. The lowest BCUT2D eigenvalue weighted by Gasteiger charge is -2.07. The molecule has 0 unspecified atom stereocenters. The van der Waals surface area contributed by atoms with Crippen molar-refractivity contribution in [2.24, 2.45) is 0 Å². The van der Waals surface area contributed by atoms with Gasteiger partial charge < -0.3 is 5.32 Å². The molecule has 0 saturated carbocycles. The van der Waals surface area contributed by atoms with E-state index in [-0.39, 0.29) is 16.1 Å². The Balaban J connectivity index is 2.29. The van der Waals surface area contributed by atoms with Gasteiger partial charge in [0, 0.05) is 11.8 Å². The van der Waals surface area contributed by atoms with E-state index in [0.717, 1.165) is 6.26 Å². The molecule has 0 spiro atoms. The van der Waals surface area contributed by atoms with Crippen LogP contribution < -0.4 is 5.32 Å². The van der Waals surface area contributed by atoms with E-state index in [9.17, 15) is 17.6 Å². The number of carbonyl (C=O) groups is 1. The highest BCUT2D eigenvalue weighted by Crippen LogP contribution is 2.16. The van der Waals surface area contributed by atoms with Gasteiger partial charge >= 0.3 is 0 Å². The molecule has 1 N–H and O–H groups in total. The Bertz CT molecular complexity index is 757.